The second-order valence-corrected chi connectivity index (χ2v) is 7.96. The quantitative estimate of drug-likeness (QED) is 0.312. The zero-order valence-electron chi connectivity index (χ0n) is 15.6. The highest BCUT2D eigenvalue weighted by Gasteiger charge is 2.31. The Hall–Kier alpha value is -1.31. The van der Waals surface area contributed by atoms with Crippen molar-refractivity contribution in [2.24, 2.45) is 4.99 Å². The van der Waals surface area contributed by atoms with Crippen molar-refractivity contribution in [2.45, 2.75) is 24.3 Å². The van der Waals surface area contributed by atoms with Gasteiger partial charge < -0.3 is 10.6 Å². The summed E-state index contributed by atoms with van der Waals surface area (Å²) < 4.78 is 12.9. The van der Waals surface area contributed by atoms with Gasteiger partial charge in [-0.1, -0.05) is 0 Å². The Morgan fingerprint density at radius 1 is 1.19 bits per heavy atom. The molecule has 0 saturated carbocycles. The topological polar surface area (TPSA) is 42.9 Å². The van der Waals surface area contributed by atoms with Crippen LogP contribution in [0.15, 0.2) is 34.2 Å². The van der Waals surface area contributed by atoms with E-state index in [-0.39, 0.29) is 5.82 Å². The molecule has 144 valence electrons. The van der Waals surface area contributed by atoms with Crippen LogP contribution >= 0.6 is 11.8 Å². The fourth-order valence-corrected chi connectivity index (χ4v) is 4.29. The molecular formula is C19H30FN5S. The van der Waals surface area contributed by atoms with Crippen LogP contribution in [0.5, 0.6) is 0 Å². The van der Waals surface area contributed by atoms with E-state index in [2.05, 4.69) is 27.4 Å². The van der Waals surface area contributed by atoms with Crippen LogP contribution in [0.1, 0.15) is 13.3 Å². The van der Waals surface area contributed by atoms with E-state index in [4.69, 9.17) is 4.99 Å². The summed E-state index contributed by atoms with van der Waals surface area (Å²) in [7, 11) is 0. The monoisotopic (exact) mass is 379 g/mol. The number of halogens is 1. The van der Waals surface area contributed by atoms with E-state index in [1.165, 1.54) is 38.3 Å². The average molecular weight is 380 g/mol. The lowest BCUT2D eigenvalue weighted by Gasteiger charge is -2.47. The van der Waals surface area contributed by atoms with Gasteiger partial charge in [-0.25, -0.2) is 4.39 Å². The molecule has 3 aliphatic heterocycles. The second kappa shape index (κ2) is 10.1. The van der Waals surface area contributed by atoms with Crippen molar-refractivity contribution in [3.05, 3.63) is 30.1 Å². The van der Waals surface area contributed by atoms with Gasteiger partial charge in [0.25, 0.3) is 0 Å². The Labute approximate surface area is 160 Å². The maximum atomic E-state index is 12.9. The van der Waals surface area contributed by atoms with Crippen LogP contribution in [0.4, 0.5) is 4.39 Å². The van der Waals surface area contributed by atoms with Crippen LogP contribution in [-0.2, 0) is 0 Å². The molecule has 1 aromatic rings. The summed E-state index contributed by atoms with van der Waals surface area (Å²) in [6.07, 6.45) is 1.04. The van der Waals surface area contributed by atoms with Crippen LogP contribution in [0.2, 0.25) is 0 Å². The normalized spacial score (nSPS) is 25.3. The number of thioether (sulfide) groups is 1. The van der Waals surface area contributed by atoms with Crippen LogP contribution < -0.4 is 10.6 Å². The second-order valence-electron chi connectivity index (χ2n) is 6.79. The molecule has 0 spiro atoms. The molecule has 1 aromatic carbocycles. The summed E-state index contributed by atoms with van der Waals surface area (Å²) >= 11 is 1.76. The lowest BCUT2D eigenvalue weighted by Crippen LogP contribution is -2.62. The van der Waals surface area contributed by atoms with Gasteiger partial charge in [0, 0.05) is 56.8 Å². The minimum Gasteiger partial charge on any atom is -0.357 e. The molecule has 26 heavy (non-hydrogen) atoms. The lowest BCUT2D eigenvalue weighted by atomic mass is 10.1. The SMILES string of the molecule is CCNC(=NCC1CN2CCN1CC2)NCCCSc1ccc(F)cc1. The van der Waals surface area contributed by atoms with Gasteiger partial charge in [0.2, 0.25) is 0 Å². The minimum absolute atomic E-state index is 0.179. The molecule has 3 fully saturated rings. The number of fused-ring (bicyclic) bond motifs is 3. The number of rotatable bonds is 8. The molecule has 1 unspecified atom stereocenters. The minimum atomic E-state index is -0.179. The summed E-state index contributed by atoms with van der Waals surface area (Å²) in [5, 5.41) is 6.77. The number of piperazine rings is 3. The van der Waals surface area contributed by atoms with E-state index in [1.807, 2.05) is 12.1 Å². The van der Waals surface area contributed by atoms with E-state index in [0.29, 0.717) is 6.04 Å². The van der Waals surface area contributed by atoms with Crippen LogP contribution in [-0.4, -0.2) is 79.9 Å². The predicted molar refractivity (Wildman–Crippen MR) is 108 cm³/mol. The van der Waals surface area contributed by atoms with Gasteiger partial charge in [-0.3, -0.25) is 14.8 Å². The summed E-state index contributed by atoms with van der Waals surface area (Å²) in [6.45, 7) is 10.7. The number of hydrogen-bond donors (Lipinski definition) is 2. The van der Waals surface area contributed by atoms with Crippen molar-refractivity contribution < 1.29 is 4.39 Å². The highest BCUT2D eigenvalue weighted by atomic mass is 32.2. The molecular weight excluding hydrogens is 349 g/mol. The average Bonchev–Trinajstić information content (AvgIpc) is 2.68. The van der Waals surface area contributed by atoms with Crippen molar-refractivity contribution in [1.82, 2.24) is 20.4 Å². The molecule has 2 bridgehead atoms. The summed E-state index contributed by atoms with van der Waals surface area (Å²) in [5.41, 5.74) is 0. The predicted octanol–water partition coefficient (Wildman–Crippen LogP) is 1.86. The lowest BCUT2D eigenvalue weighted by molar-refractivity contribution is 0.0174. The smallest absolute Gasteiger partial charge is 0.191 e. The highest BCUT2D eigenvalue weighted by Crippen LogP contribution is 2.18. The molecule has 0 radical (unpaired) electrons. The summed E-state index contributed by atoms with van der Waals surface area (Å²) in [4.78, 5) is 11.0. The van der Waals surface area contributed by atoms with E-state index >= 15 is 0 Å². The van der Waals surface area contributed by atoms with Crippen molar-refractivity contribution in [1.29, 1.82) is 0 Å². The van der Waals surface area contributed by atoms with Gasteiger partial charge in [-0.15, -0.1) is 11.8 Å². The van der Waals surface area contributed by atoms with Gasteiger partial charge in [0.05, 0.1) is 6.54 Å². The molecule has 0 amide bonds. The molecule has 0 aliphatic carbocycles. The molecule has 3 heterocycles. The Kier molecular flexibility index (Phi) is 7.58. The maximum absolute atomic E-state index is 12.9. The van der Waals surface area contributed by atoms with Crippen LogP contribution in [0.3, 0.4) is 0 Å². The zero-order chi connectivity index (χ0) is 18.2. The molecule has 3 aliphatic rings. The van der Waals surface area contributed by atoms with Crippen molar-refractivity contribution >= 4 is 17.7 Å². The Bertz CT molecular complexity index is 572. The van der Waals surface area contributed by atoms with Crippen molar-refractivity contribution in [3.63, 3.8) is 0 Å². The van der Waals surface area contributed by atoms with E-state index in [9.17, 15) is 4.39 Å². The molecule has 1 atom stereocenters. The molecule has 3 saturated heterocycles. The van der Waals surface area contributed by atoms with Crippen molar-refractivity contribution in [2.75, 3.05) is 58.1 Å². The first-order valence-corrected chi connectivity index (χ1v) is 10.6. The fourth-order valence-electron chi connectivity index (χ4n) is 3.44. The largest absolute Gasteiger partial charge is 0.357 e. The summed E-state index contributed by atoms with van der Waals surface area (Å²) in [6, 6.07) is 7.26. The Morgan fingerprint density at radius 3 is 2.62 bits per heavy atom. The molecule has 7 heteroatoms. The Morgan fingerprint density at radius 2 is 1.96 bits per heavy atom. The maximum Gasteiger partial charge on any atom is 0.191 e. The molecule has 2 N–H and O–H groups in total. The van der Waals surface area contributed by atoms with Gasteiger partial charge in [-0.05, 0) is 43.4 Å². The van der Waals surface area contributed by atoms with Crippen molar-refractivity contribution in [3.8, 4) is 0 Å². The molecule has 4 rings (SSSR count). The van der Waals surface area contributed by atoms with Crippen LogP contribution in [0, 0.1) is 5.82 Å². The standard InChI is InChI=1S/C19H30FN5S/c1-2-21-19(23-14-17-15-24-9-11-25(17)12-10-24)22-8-3-13-26-18-6-4-16(20)5-7-18/h4-7,17H,2-3,8-15H2,1H3,(H2,21,22,23). The van der Waals surface area contributed by atoms with Gasteiger partial charge in [0.15, 0.2) is 5.96 Å². The third-order valence-electron chi connectivity index (χ3n) is 4.89. The molecule has 5 nitrogen and oxygen atoms in total. The van der Waals surface area contributed by atoms with E-state index in [1.54, 1.807) is 11.8 Å². The first kappa shape index (κ1) is 19.5. The first-order valence-electron chi connectivity index (χ1n) is 9.61. The third kappa shape index (κ3) is 5.86. The highest BCUT2D eigenvalue weighted by molar-refractivity contribution is 7.99. The third-order valence-corrected chi connectivity index (χ3v) is 5.99. The fraction of sp³-hybridized carbons (Fsp3) is 0.632. The zero-order valence-corrected chi connectivity index (χ0v) is 16.4. The number of aliphatic imine (C=N–C) groups is 1. The molecule has 0 aromatic heterocycles. The van der Waals surface area contributed by atoms with Gasteiger partial charge >= 0.3 is 0 Å². The van der Waals surface area contributed by atoms with Gasteiger partial charge in [-0.2, -0.15) is 0 Å². The first-order chi connectivity index (χ1) is 12.7. The summed E-state index contributed by atoms with van der Waals surface area (Å²) in [5.74, 6) is 1.74. The number of hydrogen-bond acceptors (Lipinski definition) is 4. The number of guanidine groups is 1. The van der Waals surface area contributed by atoms with Crippen LogP contribution in [0.25, 0.3) is 0 Å². The van der Waals surface area contributed by atoms with Gasteiger partial charge in [0.1, 0.15) is 5.82 Å². The van der Waals surface area contributed by atoms with E-state index in [0.717, 1.165) is 49.2 Å². The number of benzene rings is 1. The Balaban J connectivity index is 1.36. The number of nitrogens with one attached hydrogen (secondary N) is 2. The number of nitrogens with zero attached hydrogens (tertiary/aromatic N) is 3. The van der Waals surface area contributed by atoms with E-state index < -0.39 is 0 Å².